The van der Waals surface area contributed by atoms with Gasteiger partial charge in [-0.3, -0.25) is 19.9 Å². The average molecular weight is 771 g/mol. The van der Waals surface area contributed by atoms with Gasteiger partial charge in [0.25, 0.3) is 0 Å². The molecule has 0 aliphatic carbocycles. The molecule has 0 radical (unpaired) electrons. The number of methoxy groups -OCH3 is 2. The normalized spacial score (nSPS) is 28.9. The first-order valence-corrected chi connectivity index (χ1v) is 19.4. The van der Waals surface area contributed by atoms with Crippen LogP contribution in [0.15, 0.2) is 18.2 Å². The van der Waals surface area contributed by atoms with Gasteiger partial charge in [-0.05, 0) is 68.1 Å². The molecule has 0 unspecified atom stereocenters. The number of esters is 2. The van der Waals surface area contributed by atoms with Crippen LogP contribution >= 0.6 is 11.8 Å². The molecule has 2 saturated heterocycles. The summed E-state index contributed by atoms with van der Waals surface area (Å²) in [5, 5.41) is 36.9. The number of rotatable bonds is 3. The second-order valence-corrected chi connectivity index (χ2v) is 16.2. The first kappa shape index (κ1) is 35.8. The van der Waals surface area contributed by atoms with E-state index in [9.17, 15) is 25.1 Å². The lowest BCUT2D eigenvalue weighted by Crippen LogP contribution is -2.69. The van der Waals surface area contributed by atoms with Crippen LogP contribution in [0.1, 0.15) is 68.8 Å². The molecule has 14 nitrogen and oxygen atoms in total. The van der Waals surface area contributed by atoms with Crippen LogP contribution in [-0.2, 0) is 32.7 Å². The molecule has 10 rings (SSSR count). The van der Waals surface area contributed by atoms with Crippen LogP contribution < -0.4 is 29.0 Å². The SMILES string of the molecule is COc1cc2c(cc1O)CCN[C@@]21CS[C@@H]2c3c(OC(C)=O)c(C)c4c(c3[C@H](COC1=O)N1[C@@H]2[C@@H]2c3c(cc(C)c(OC)c3O)C[C@H]([C@@H]1C#N)N2C)OCO4. The van der Waals surface area contributed by atoms with E-state index in [0.29, 0.717) is 70.2 Å². The Morgan fingerprint density at radius 2 is 1.84 bits per heavy atom. The molecule has 7 atom stereocenters. The number of phenolic OH excluding ortho intramolecular Hbond substituents is 2. The fourth-order valence-corrected chi connectivity index (χ4v) is 11.9. The van der Waals surface area contributed by atoms with Crippen molar-refractivity contribution in [3.8, 4) is 46.3 Å². The monoisotopic (exact) mass is 770 g/mol. The Bertz CT molecular complexity index is 2220. The first-order chi connectivity index (χ1) is 26.4. The van der Waals surface area contributed by atoms with Gasteiger partial charge in [0.05, 0.1) is 37.6 Å². The lowest BCUT2D eigenvalue weighted by atomic mass is 9.71. The van der Waals surface area contributed by atoms with Crippen molar-refractivity contribution in [1.29, 1.82) is 5.26 Å². The number of nitriles is 1. The van der Waals surface area contributed by atoms with Crippen molar-refractivity contribution in [2.75, 3.05) is 47.0 Å². The van der Waals surface area contributed by atoms with Crippen LogP contribution in [0.3, 0.4) is 0 Å². The fourth-order valence-electron chi connectivity index (χ4n) is 10.2. The Kier molecular flexibility index (Phi) is 8.36. The molecule has 0 aromatic heterocycles. The highest BCUT2D eigenvalue weighted by molar-refractivity contribution is 7.99. The predicted molar refractivity (Wildman–Crippen MR) is 198 cm³/mol. The number of thioether (sulfide) groups is 1. The van der Waals surface area contributed by atoms with Crippen LogP contribution in [0.5, 0.6) is 40.2 Å². The van der Waals surface area contributed by atoms with E-state index in [-0.39, 0.29) is 42.4 Å². The highest BCUT2D eigenvalue weighted by atomic mass is 32.2. The Morgan fingerprint density at radius 1 is 1.05 bits per heavy atom. The molecule has 7 aliphatic rings. The van der Waals surface area contributed by atoms with E-state index in [2.05, 4.69) is 21.2 Å². The van der Waals surface area contributed by atoms with E-state index >= 15 is 0 Å². The van der Waals surface area contributed by atoms with E-state index < -0.39 is 46.9 Å². The molecule has 55 heavy (non-hydrogen) atoms. The van der Waals surface area contributed by atoms with Gasteiger partial charge in [-0.15, -0.1) is 11.8 Å². The zero-order valence-corrected chi connectivity index (χ0v) is 32.2. The minimum Gasteiger partial charge on any atom is -0.504 e. The minimum atomic E-state index is -1.36. The number of phenols is 2. The number of aromatic hydroxyl groups is 2. The third-order valence-electron chi connectivity index (χ3n) is 12.4. The van der Waals surface area contributed by atoms with Crippen LogP contribution in [-0.4, -0.2) is 97.0 Å². The minimum absolute atomic E-state index is 0.0239. The van der Waals surface area contributed by atoms with E-state index in [1.807, 2.05) is 27.0 Å². The topological polar surface area (TPSA) is 172 Å². The zero-order valence-electron chi connectivity index (χ0n) is 31.3. The highest BCUT2D eigenvalue weighted by Gasteiger charge is 2.62. The average Bonchev–Trinajstić information content (AvgIpc) is 3.65. The summed E-state index contributed by atoms with van der Waals surface area (Å²) in [6.45, 7) is 5.28. The van der Waals surface area contributed by atoms with Gasteiger partial charge in [-0.1, -0.05) is 6.07 Å². The maximum atomic E-state index is 14.7. The lowest BCUT2D eigenvalue weighted by molar-refractivity contribution is -0.157. The van der Waals surface area contributed by atoms with Gasteiger partial charge in [0.1, 0.15) is 18.4 Å². The maximum Gasteiger partial charge on any atom is 0.331 e. The van der Waals surface area contributed by atoms with Crippen molar-refractivity contribution in [3.63, 3.8) is 0 Å². The van der Waals surface area contributed by atoms with Gasteiger partial charge in [-0.2, -0.15) is 5.26 Å². The van der Waals surface area contributed by atoms with Crippen LogP contribution in [0.4, 0.5) is 0 Å². The Balaban J connectivity index is 1.33. The van der Waals surface area contributed by atoms with Crippen LogP contribution in [0, 0.1) is 25.2 Å². The lowest BCUT2D eigenvalue weighted by Gasteiger charge is -2.62. The fraction of sp³-hybridized carbons (Fsp3) is 0.475. The molecule has 0 amide bonds. The van der Waals surface area contributed by atoms with E-state index in [4.69, 9.17) is 28.4 Å². The van der Waals surface area contributed by atoms with Crippen molar-refractivity contribution in [2.45, 2.75) is 74.6 Å². The summed E-state index contributed by atoms with van der Waals surface area (Å²) in [5.41, 5.74) is 4.41. The molecule has 0 saturated carbocycles. The van der Waals surface area contributed by atoms with E-state index in [1.165, 1.54) is 32.9 Å². The smallest absolute Gasteiger partial charge is 0.331 e. The molecule has 3 N–H and O–H groups in total. The third kappa shape index (κ3) is 4.90. The highest BCUT2D eigenvalue weighted by Crippen LogP contribution is 2.64. The van der Waals surface area contributed by atoms with Crippen molar-refractivity contribution >= 4 is 23.7 Å². The largest absolute Gasteiger partial charge is 0.504 e. The number of hydrogen-bond donors (Lipinski definition) is 3. The number of benzene rings is 3. The molecule has 3 aromatic rings. The van der Waals surface area contributed by atoms with Crippen molar-refractivity contribution in [3.05, 3.63) is 62.7 Å². The molecular formula is C40H42N4O10S. The van der Waals surface area contributed by atoms with Crippen molar-refractivity contribution in [1.82, 2.24) is 15.1 Å². The number of ether oxygens (including phenoxy) is 6. The summed E-state index contributed by atoms with van der Waals surface area (Å²) in [7, 11) is 4.99. The van der Waals surface area contributed by atoms with Crippen LogP contribution in [0.25, 0.3) is 0 Å². The van der Waals surface area contributed by atoms with Crippen molar-refractivity contribution < 1.29 is 48.2 Å². The molecule has 3 aromatic carbocycles. The number of likely N-dealkylation sites (N-methyl/N-ethyl adjacent to an activating group) is 1. The number of nitrogens with one attached hydrogen (secondary N) is 1. The van der Waals surface area contributed by atoms with Gasteiger partial charge in [0, 0.05) is 53.6 Å². The summed E-state index contributed by atoms with van der Waals surface area (Å²) in [4.78, 5) is 32.0. The molecule has 288 valence electrons. The number of carbonyl (C=O) groups is 2. The van der Waals surface area contributed by atoms with Gasteiger partial charge < -0.3 is 38.6 Å². The standard InChI is InChI=1S/C40H42N4O10S/c1-17-9-21-10-23-24(13-41)44-25-14-51-39(48)40(22-12-27(49-5)26(46)11-20(22)7-8-42-40)15-55-38(32(44)31(43(23)4)28(21)33(47)34(17)50-6)30-29(25)37-36(52-16-53-37)18(2)35(30)54-19(3)45/h9,11-12,23-25,31-32,38,42,46-47H,7-8,10,14-16H2,1-6H3/t23-,24+,25+,31+,32-,38-,40+/m1/s1. The van der Waals surface area contributed by atoms with Gasteiger partial charge in [-0.25, -0.2) is 4.79 Å². The quantitative estimate of drug-likeness (QED) is 0.258. The Morgan fingerprint density at radius 3 is 2.56 bits per heavy atom. The van der Waals surface area contributed by atoms with Crippen LogP contribution in [0.2, 0.25) is 0 Å². The maximum absolute atomic E-state index is 14.7. The summed E-state index contributed by atoms with van der Waals surface area (Å²) in [6, 6.07) is 5.28. The van der Waals surface area contributed by atoms with Gasteiger partial charge >= 0.3 is 11.9 Å². The van der Waals surface area contributed by atoms with Gasteiger partial charge in [0.2, 0.25) is 6.79 Å². The van der Waals surface area contributed by atoms with Crippen molar-refractivity contribution in [2.24, 2.45) is 0 Å². The molecule has 15 heteroatoms. The third-order valence-corrected chi connectivity index (χ3v) is 13.9. The van der Waals surface area contributed by atoms with Gasteiger partial charge in [0.15, 0.2) is 40.0 Å². The molecule has 4 bridgehead atoms. The van der Waals surface area contributed by atoms with E-state index in [0.717, 1.165) is 16.7 Å². The van der Waals surface area contributed by atoms with E-state index in [1.54, 1.807) is 12.1 Å². The summed E-state index contributed by atoms with van der Waals surface area (Å²) < 4.78 is 36.1. The molecule has 1 spiro atoms. The number of carbonyl (C=O) groups excluding carboxylic acids is 2. The second kappa shape index (κ2) is 12.8. The summed E-state index contributed by atoms with van der Waals surface area (Å²) >= 11 is 1.48. The number of fused-ring (bicyclic) bond motifs is 9. The molecule has 2 fully saturated rings. The number of nitrogens with zero attached hydrogens (tertiary/aromatic N) is 3. The summed E-state index contributed by atoms with van der Waals surface area (Å²) in [5.74, 6) is 0.973. The predicted octanol–water partition coefficient (Wildman–Crippen LogP) is 3.99. The first-order valence-electron chi connectivity index (χ1n) is 18.3. The Labute approximate surface area is 322 Å². The molecular weight excluding hydrogens is 729 g/mol. The second-order valence-electron chi connectivity index (χ2n) is 15.1. The number of piperazine rings is 1. The molecule has 7 heterocycles. The Hall–Kier alpha value is -4.88. The molecule has 7 aliphatic heterocycles. The summed E-state index contributed by atoms with van der Waals surface area (Å²) in [6.07, 6.45) is 1.05. The number of hydrogen-bond acceptors (Lipinski definition) is 15. The number of aryl methyl sites for hydroxylation is 1. The zero-order chi connectivity index (χ0) is 38.7.